The van der Waals surface area contributed by atoms with E-state index in [0.29, 0.717) is 17.4 Å². The highest BCUT2D eigenvalue weighted by Gasteiger charge is 2.25. The van der Waals surface area contributed by atoms with Gasteiger partial charge in [0.1, 0.15) is 0 Å². The maximum absolute atomic E-state index is 12.5. The van der Waals surface area contributed by atoms with Crippen LogP contribution >= 0.6 is 0 Å². The van der Waals surface area contributed by atoms with Crippen molar-refractivity contribution in [3.8, 4) is 0 Å². The molecular weight excluding hydrogens is 370 g/mol. The fourth-order valence-corrected chi connectivity index (χ4v) is 4.73. The molecule has 1 aromatic carbocycles. The maximum atomic E-state index is 12.5. The van der Waals surface area contributed by atoms with Crippen LogP contribution in [0.25, 0.3) is 11.1 Å². The number of likely N-dealkylation sites (tertiary alicyclic amines) is 1. The van der Waals surface area contributed by atoms with Crippen LogP contribution in [0.4, 0.5) is 0 Å². The lowest BCUT2D eigenvalue weighted by atomic mass is 9.92. The third-order valence-corrected chi connectivity index (χ3v) is 6.39. The van der Waals surface area contributed by atoms with Gasteiger partial charge in [-0.05, 0) is 30.4 Å². The second-order valence-corrected chi connectivity index (χ2v) is 9.22. The molecule has 0 unspecified atom stereocenters. The Labute approximate surface area is 158 Å². The minimum atomic E-state index is -3.80. The van der Waals surface area contributed by atoms with E-state index in [1.807, 2.05) is 4.90 Å². The molecule has 0 bridgehead atoms. The summed E-state index contributed by atoms with van der Waals surface area (Å²) in [6.07, 6.45) is 1.22. The lowest BCUT2D eigenvalue weighted by Gasteiger charge is -2.35. The Hall–Kier alpha value is -2.13. The quantitative estimate of drug-likeness (QED) is 0.822. The number of amides is 1. The summed E-state index contributed by atoms with van der Waals surface area (Å²) < 4.78 is 33.7. The Morgan fingerprint density at radius 1 is 1.26 bits per heavy atom. The predicted octanol–water partition coefficient (Wildman–Crippen LogP) is 1.30. The summed E-state index contributed by atoms with van der Waals surface area (Å²) in [4.78, 5) is 25.7. The van der Waals surface area contributed by atoms with E-state index < -0.39 is 15.8 Å². The number of aromatic nitrogens is 1. The van der Waals surface area contributed by atoms with Crippen molar-refractivity contribution in [1.29, 1.82) is 0 Å². The van der Waals surface area contributed by atoms with Crippen LogP contribution in [0.3, 0.4) is 0 Å². The molecule has 8 nitrogen and oxygen atoms in total. The monoisotopic (exact) mass is 395 g/mol. The summed E-state index contributed by atoms with van der Waals surface area (Å²) in [5, 5.41) is 0. The minimum Gasteiger partial charge on any atom is -0.408 e. The molecule has 0 spiro atoms. The van der Waals surface area contributed by atoms with Gasteiger partial charge in [-0.3, -0.25) is 9.36 Å². The molecule has 3 rings (SSSR count). The van der Waals surface area contributed by atoms with Gasteiger partial charge in [0.15, 0.2) is 5.58 Å². The molecule has 0 saturated carbocycles. The summed E-state index contributed by atoms with van der Waals surface area (Å²) in [6.45, 7) is 5.71. The fraction of sp³-hybridized carbons (Fsp3) is 0.556. The van der Waals surface area contributed by atoms with Gasteiger partial charge in [0.2, 0.25) is 15.9 Å². The number of fused-ring (bicyclic) bond motifs is 1. The molecule has 1 fully saturated rings. The van der Waals surface area contributed by atoms with Gasteiger partial charge in [-0.25, -0.2) is 17.9 Å². The molecule has 1 amide bonds. The van der Waals surface area contributed by atoms with E-state index in [9.17, 15) is 18.0 Å². The third kappa shape index (κ3) is 4.24. The number of aryl methyl sites for hydroxylation is 1. The Balaban J connectivity index is 1.63. The first-order valence-corrected chi connectivity index (χ1v) is 10.5. The zero-order valence-corrected chi connectivity index (χ0v) is 16.6. The lowest BCUT2D eigenvalue weighted by molar-refractivity contribution is -0.133. The Bertz CT molecular complexity index is 998. The Morgan fingerprint density at radius 2 is 1.93 bits per heavy atom. The van der Waals surface area contributed by atoms with Gasteiger partial charge in [-0.2, -0.15) is 0 Å². The van der Waals surface area contributed by atoms with E-state index in [4.69, 9.17) is 4.42 Å². The van der Waals surface area contributed by atoms with Crippen molar-refractivity contribution in [2.45, 2.75) is 31.6 Å². The van der Waals surface area contributed by atoms with Crippen LogP contribution in [0.2, 0.25) is 0 Å². The maximum Gasteiger partial charge on any atom is 0.419 e. The van der Waals surface area contributed by atoms with Crippen LogP contribution in [0.5, 0.6) is 0 Å². The van der Waals surface area contributed by atoms with E-state index in [1.165, 1.54) is 22.8 Å². The second-order valence-electron chi connectivity index (χ2n) is 7.45. The first-order valence-electron chi connectivity index (χ1n) is 9.04. The number of sulfonamides is 1. The van der Waals surface area contributed by atoms with Crippen LogP contribution in [-0.4, -0.2) is 43.4 Å². The van der Waals surface area contributed by atoms with E-state index in [0.717, 1.165) is 19.5 Å². The van der Waals surface area contributed by atoms with Gasteiger partial charge < -0.3 is 9.32 Å². The van der Waals surface area contributed by atoms with Gasteiger partial charge in [-0.1, -0.05) is 13.8 Å². The van der Waals surface area contributed by atoms with E-state index in [1.54, 1.807) is 7.05 Å². The molecule has 148 valence electrons. The van der Waals surface area contributed by atoms with Crippen molar-refractivity contribution in [2.24, 2.45) is 18.9 Å². The number of benzene rings is 1. The third-order valence-electron chi connectivity index (χ3n) is 4.93. The first kappa shape index (κ1) is 19.6. The molecule has 1 aliphatic rings. The number of rotatable bonds is 5. The molecule has 1 saturated heterocycles. The van der Waals surface area contributed by atoms with Crippen LogP contribution in [0, 0.1) is 11.8 Å². The normalized spacial score (nSPS) is 20.9. The number of nitrogens with zero attached hydrogens (tertiary/aromatic N) is 2. The van der Waals surface area contributed by atoms with Gasteiger partial charge in [0, 0.05) is 39.2 Å². The van der Waals surface area contributed by atoms with Gasteiger partial charge >= 0.3 is 5.76 Å². The van der Waals surface area contributed by atoms with Crippen molar-refractivity contribution < 1.29 is 17.6 Å². The number of nitrogens with one attached hydrogen (secondary N) is 1. The summed E-state index contributed by atoms with van der Waals surface area (Å²) in [5.74, 6) is 0.326. The zero-order valence-electron chi connectivity index (χ0n) is 15.8. The number of oxazole rings is 1. The van der Waals surface area contributed by atoms with Gasteiger partial charge in [-0.15, -0.1) is 0 Å². The van der Waals surface area contributed by atoms with Crippen molar-refractivity contribution in [3.63, 3.8) is 0 Å². The second kappa shape index (κ2) is 7.47. The summed E-state index contributed by atoms with van der Waals surface area (Å²) >= 11 is 0. The predicted molar refractivity (Wildman–Crippen MR) is 101 cm³/mol. The first-order chi connectivity index (χ1) is 12.7. The Kier molecular flexibility index (Phi) is 5.43. The van der Waals surface area contributed by atoms with Crippen molar-refractivity contribution in [3.05, 3.63) is 28.7 Å². The highest BCUT2D eigenvalue weighted by Crippen LogP contribution is 2.21. The fourth-order valence-electron chi connectivity index (χ4n) is 3.68. The largest absolute Gasteiger partial charge is 0.419 e. The number of piperidine rings is 1. The minimum absolute atomic E-state index is 0.00276. The highest BCUT2D eigenvalue weighted by atomic mass is 32.2. The molecule has 27 heavy (non-hydrogen) atoms. The number of hydrogen-bond acceptors (Lipinski definition) is 5. The van der Waals surface area contributed by atoms with Crippen molar-refractivity contribution >= 4 is 27.0 Å². The standard InChI is InChI=1S/C18H25N3O5S/c1-12-8-13(2)11-21(10-12)17(22)6-7-19-27(24,25)14-4-5-15-16(9-14)26-18(23)20(15)3/h4-5,9,12-13,19H,6-8,10-11H2,1-3H3/t12-,13-/m0/s1. The lowest BCUT2D eigenvalue weighted by Crippen LogP contribution is -2.43. The summed E-state index contributed by atoms with van der Waals surface area (Å²) in [7, 11) is -2.25. The summed E-state index contributed by atoms with van der Waals surface area (Å²) in [6, 6.07) is 4.25. The molecule has 1 aliphatic heterocycles. The average molecular weight is 395 g/mol. The van der Waals surface area contributed by atoms with Crippen LogP contribution in [0.15, 0.2) is 32.3 Å². The molecule has 2 atom stereocenters. The molecule has 9 heteroatoms. The smallest absolute Gasteiger partial charge is 0.408 e. The molecule has 2 heterocycles. The van der Waals surface area contributed by atoms with Crippen LogP contribution in [0.1, 0.15) is 26.7 Å². The molecule has 1 N–H and O–H groups in total. The molecule has 2 aromatic rings. The average Bonchev–Trinajstić information content (AvgIpc) is 2.87. The van der Waals surface area contributed by atoms with Crippen molar-refractivity contribution in [1.82, 2.24) is 14.2 Å². The topological polar surface area (TPSA) is 102 Å². The van der Waals surface area contributed by atoms with Crippen LogP contribution < -0.4 is 10.5 Å². The van der Waals surface area contributed by atoms with E-state index >= 15 is 0 Å². The van der Waals surface area contributed by atoms with Gasteiger partial charge in [0.25, 0.3) is 0 Å². The number of carbonyl (C=O) groups excluding carboxylic acids is 1. The van der Waals surface area contributed by atoms with Crippen LogP contribution in [-0.2, 0) is 21.9 Å². The number of hydrogen-bond donors (Lipinski definition) is 1. The molecular formula is C18H25N3O5S. The zero-order chi connectivity index (χ0) is 19.8. The van der Waals surface area contributed by atoms with E-state index in [2.05, 4.69) is 18.6 Å². The molecule has 0 radical (unpaired) electrons. The molecule has 1 aromatic heterocycles. The van der Waals surface area contributed by atoms with Gasteiger partial charge in [0.05, 0.1) is 10.4 Å². The number of carbonyl (C=O) groups is 1. The Morgan fingerprint density at radius 3 is 2.59 bits per heavy atom. The highest BCUT2D eigenvalue weighted by molar-refractivity contribution is 7.89. The van der Waals surface area contributed by atoms with E-state index in [-0.39, 0.29) is 29.4 Å². The van der Waals surface area contributed by atoms with Crippen molar-refractivity contribution in [2.75, 3.05) is 19.6 Å². The molecule has 0 aliphatic carbocycles. The summed E-state index contributed by atoms with van der Waals surface area (Å²) in [5.41, 5.74) is 0.722. The SMILES string of the molecule is C[C@H]1C[C@H](C)CN(C(=O)CCNS(=O)(=O)c2ccc3c(c2)oc(=O)n3C)C1.